The fraction of sp³-hybridized carbons (Fsp3) is 0.176. The number of esters is 1. The number of hydrogen-bond acceptors (Lipinski definition) is 4. The van der Waals surface area contributed by atoms with Crippen molar-refractivity contribution in [2.24, 2.45) is 0 Å². The van der Waals surface area contributed by atoms with Gasteiger partial charge in [-0.05, 0) is 12.1 Å². The van der Waals surface area contributed by atoms with Crippen molar-refractivity contribution >= 4 is 17.7 Å². The highest BCUT2D eigenvalue weighted by molar-refractivity contribution is 5.94. The van der Waals surface area contributed by atoms with E-state index < -0.39 is 41.5 Å². The van der Waals surface area contributed by atoms with Crippen LogP contribution in [0.4, 0.5) is 28.0 Å². The Morgan fingerprint density at radius 1 is 1.11 bits per heavy atom. The normalized spacial score (nSPS) is 10.4. The standard InChI is InChI=1S/C17H14F4N2O4/c1-26-15(24)10-6-13(12(19)7-11(10)18)23-17(25)22-8-9-4-2-3-5-14(9)27-16(20)21/h2-7,16H,8H2,1H3,(H2,22,23,25). The van der Waals surface area contributed by atoms with Crippen molar-refractivity contribution in [2.75, 3.05) is 12.4 Å². The number of methoxy groups -OCH3 is 1. The second-order valence-electron chi connectivity index (χ2n) is 5.10. The number of para-hydroxylation sites is 1. The van der Waals surface area contributed by atoms with Crippen LogP contribution in [0.3, 0.4) is 0 Å². The molecule has 0 unspecified atom stereocenters. The van der Waals surface area contributed by atoms with Crippen LogP contribution >= 0.6 is 0 Å². The summed E-state index contributed by atoms with van der Waals surface area (Å²) in [6.07, 6.45) is 0. The summed E-state index contributed by atoms with van der Waals surface area (Å²) in [7, 11) is 1.02. The summed E-state index contributed by atoms with van der Waals surface area (Å²) in [5.41, 5.74) is -0.779. The summed E-state index contributed by atoms with van der Waals surface area (Å²) >= 11 is 0. The average Bonchev–Trinajstić information content (AvgIpc) is 2.62. The fourth-order valence-electron chi connectivity index (χ4n) is 2.11. The molecule has 0 heterocycles. The van der Waals surface area contributed by atoms with Gasteiger partial charge in [0.25, 0.3) is 0 Å². The van der Waals surface area contributed by atoms with Crippen molar-refractivity contribution in [1.29, 1.82) is 0 Å². The summed E-state index contributed by atoms with van der Waals surface area (Å²) in [5, 5.41) is 4.41. The van der Waals surface area contributed by atoms with E-state index in [9.17, 15) is 27.2 Å². The number of amides is 2. The number of rotatable bonds is 6. The van der Waals surface area contributed by atoms with Crippen LogP contribution in [0.15, 0.2) is 36.4 Å². The van der Waals surface area contributed by atoms with Gasteiger partial charge in [0.05, 0.1) is 18.4 Å². The maximum atomic E-state index is 13.8. The number of urea groups is 1. The first kappa shape index (κ1) is 20.0. The predicted molar refractivity (Wildman–Crippen MR) is 86.6 cm³/mol. The van der Waals surface area contributed by atoms with Crippen LogP contribution in [0, 0.1) is 11.6 Å². The van der Waals surface area contributed by atoms with Gasteiger partial charge >= 0.3 is 18.6 Å². The summed E-state index contributed by atoms with van der Waals surface area (Å²) in [6, 6.07) is 6.06. The van der Waals surface area contributed by atoms with Gasteiger partial charge in [-0.2, -0.15) is 8.78 Å². The van der Waals surface area contributed by atoms with Crippen LogP contribution in [0.2, 0.25) is 0 Å². The van der Waals surface area contributed by atoms with Crippen molar-refractivity contribution in [3.05, 3.63) is 59.2 Å². The molecule has 0 bridgehead atoms. The van der Waals surface area contributed by atoms with E-state index in [-0.39, 0.29) is 17.9 Å². The number of nitrogens with one attached hydrogen (secondary N) is 2. The van der Waals surface area contributed by atoms with Gasteiger partial charge < -0.3 is 20.1 Å². The maximum Gasteiger partial charge on any atom is 0.387 e. The molecule has 0 atom stereocenters. The molecular weight excluding hydrogens is 372 g/mol. The van der Waals surface area contributed by atoms with Crippen molar-refractivity contribution < 1.29 is 36.6 Å². The lowest BCUT2D eigenvalue weighted by Gasteiger charge is -2.13. The Kier molecular flexibility index (Phi) is 6.58. The molecule has 2 amide bonds. The van der Waals surface area contributed by atoms with Gasteiger partial charge in [-0.1, -0.05) is 18.2 Å². The Morgan fingerprint density at radius 3 is 2.48 bits per heavy atom. The molecule has 10 heteroatoms. The van der Waals surface area contributed by atoms with Gasteiger partial charge in [-0.15, -0.1) is 0 Å². The smallest absolute Gasteiger partial charge is 0.387 e. The number of halogens is 4. The van der Waals surface area contributed by atoms with E-state index in [1.807, 2.05) is 0 Å². The van der Waals surface area contributed by atoms with E-state index in [0.717, 1.165) is 13.2 Å². The first-order valence-corrected chi connectivity index (χ1v) is 7.46. The third kappa shape index (κ3) is 5.33. The Hall–Kier alpha value is -3.30. The monoisotopic (exact) mass is 386 g/mol. The number of anilines is 1. The minimum Gasteiger partial charge on any atom is -0.465 e. The van der Waals surface area contributed by atoms with Gasteiger partial charge in [0, 0.05) is 18.2 Å². The van der Waals surface area contributed by atoms with Crippen molar-refractivity contribution in [1.82, 2.24) is 5.32 Å². The first-order chi connectivity index (χ1) is 12.8. The molecule has 2 aromatic carbocycles. The largest absolute Gasteiger partial charge is 0.465 e. The lowest BCUT2D eigenvalue weighted by Crippen LogP contribution is -2.29. The molecule has 0 aliphatic rings. The Bertz CT molecular complexity index is 846. The minimum atomic E-state index is -3.04. The molecule has 0 fully saturated rings. The molecule has 2 N–H and O–H groups in total. The van der Waals surface area contributed by atoms with Crippen molar-refractivity contribution in [2.45, 2.75) is 13.2 Å². The summed E-state index contributed by atoms with van der Waals surface area (Å²) in [6.45, 7) is -3.24. The Balaban J connectivity index is 2.08. The molecule has 0 aromatic heterocycles. The summed E-state index contributed by atoms with van der Waals surface area (Å²) in [5.74, 6) is -3.44. The zero-order chi connectivity index (χ0) is 20.0. The average molecular weight is 386 g/mol. The quantitative estimate of drug-likeness (QED) is 0.587. The Morgan fingerprint density at radius 2 is 1.81 bits per heavy atom. The highest BCUT2D eigenvalue weighted by Crippen LogP contribution is 2.21. The molecule has 2 aromatic rings. The van der Waals surface area contributed by atoms with E-state index in [0.29, 0.717) is 6.07 Å². The van der Waals surface area contributed by atoms with Crippen LogP contribution in [-0.4, -0.2) is 25.7 Å². The second kappa shape index (κ2) is 8.88. The number of benzene rings is 2. The number of carbonyl (C=O) groups is 2. The zero-order valence-electron chi connectivity index (χ0n) is 13.9. The first-order valence-electron chi connectivity index (χ1n) is 7.46. The highest BCUT2D eigenvalue weighted by atomic mass is 19.3. The maximum absolute atomic E-state index is 13.8. The molecule has 0 aliphatic heterocycles. The van der Waals surface area contributed by atoms with Crippen molar-refractivity contribution in [3.8, 4) is 5.75 Å². The molecule has 0 saturated carbocycles. The molecular formula is C17H14F4N2O4. The van der Waals surface area contributed by atoms with Crippen LogP contribution in [0.25, 0.3) is 0 Å². The van der Waals surface area contributed by atoms with Crippen LogP contribution in [0.5, 0.6) is 5.75 Å². The molecule has 144 valence electrons. The SMILES string of the molecule is COC(=O)c1cc(NC(=O)NCc2ccccc2OC(F)F)c(F)cc1F. The molecule has 0 aliphatic carbocycles. The minimum absolute atomic E-state index is 0.131. The number of hydrogen-bond donors (Lipinski definition) is 2. The third-order valence-corrected chi connectivity index (χ3v) is 3.34. The van der Waals surface area contributed by atoms with Crippen LogP contribution < -0.4 is 15.4 Å². The van der Waals surface area contributed by atoms with E-state index >= 15 is 0 Å². The van der Waals surface area contributed by atoms with E-state index in [2.05, 4.69) is 20.1 Å². The number of alkyl halides is 2. The van der Waals surface area contributed by atoms with Crippen LogP contribution in [-0.2, 0) is 11.3 Å². The zero-order valence-corrected chi connectivity index (χ0v) is 13.9. The lowest BCUT2D eigenvalue weighted by atomic mass is 10.1. The van der Waals surface area contributed by atoms with E-state index in [4.69, 9.17) is 0 Å². The van der Waals surface area contributed by atoms with E-state index in [1.165, 1.54) is 18.2 Å². The van der Waals surface area contributed by atoms with Gasteiger partial charge in [-0.3, -0.25) is 0 Å². The van der Waals surface area contributed by atoms with Gasteiger partial charge in [0.2, 0.25) is 0 Å². The van der Waals surface area contributed by atoms with Gasteiger partial charge in [0.1, 0.15) is 17.4 Å². The topological polar surface area (TPSA) is 76.7 Å². The summed E-state index contributed by atoms with van der Waals surface area (Å²) in [4.78, 5) is 23.4. The third-order valence-electron chi connectivity index (χ3n) is 3.34. The van der Waals surface area contributed by atoms with E-state index in [1.54, 1.807) is 6.07 Å². The predicted octanol–water partition coefficient (Wildman–Crippen LogP) is 3.67. The molecule has 0 spiro atoms. The van der Waals surface area contributed by atoms with Crippen LogP contribution in [0.1, 0.15) is 15.9 Å². The Labute approximate surface area is 151 Å². The highest BCUT2D eigenvalue weighted by Gasteiger charge is 2.18. The summed E-state index contributed by atoms with van der Waals surface area (Å²) < 4.78 is 60.8. The molecule has 0 radical (unpaired) electrons. The lowest BCUT2D eigenvalue weighted by molar-refractivity contribution is -0.0504. The molecule has 2 rings (SSSR count). The second-order valence-corrected chi connectivity index (χ2v) is 5.10. The van der Waals surface area contributed by atoms with Gasteiger partial charge in [-0.25, -0.2) is 18.4 Å². The molecule has 27 heavy (non-hydrogen) atoms. The molecule has 0 saturated heterocycles. The number of ether oxygens (including phenoxy) is 2. The van der Waals surface area contributed by atoms with Gasteiger partial charge in [0.15, 0.2) is 0 Å². The molecule has 6 nitrogen and oxygen atoms in total. The van der Waals surface area contributed by atoms with Crippen molar-refractivity contribution in [3.63, 3.8) is 0 Å². The fourth-order valence-corrected chi connectivity index (χ4v) is 2.11. The number of carbonyl (C=O) groups excluding carboxylic acids is 2.